The number of phosphoric ester groups is 1. The summed E-state index contributed by atoms with van der Waals surface area (Å²) in [6.07, 6.45) is -2.03. The molecular formula is C21H25ClN5O7P. The van der Waals surface area contributed by atoms with Gasteiger partial charge in [-0.15, -0.1) is 0 Å². The van der Waals surface area contributed by atoms with E-state index < -0.39 is 38.0 Å². The number of aliphatic hydroxyl groups excluding tert-OH is 1. The Hall–Kier alpha value is -2.28. The van der Waals surface area contributed by atoms with E-state index in [-0.39, 0.29) is 25.0 Å². The number of fused-ring (bicyclic) bond motifs is 1. The van der Waals surface area contributed by atoms with Crippen molar-refractivity contribution in [2.75, 3.05) is 24.7 Å². The summed E-state index contributed by atoms with van der Waals surface area (Å²) in [5.41, 5.74) is 10.9. The lowest BCUT2D eigenvalue weighted by Gasteiger charge is -2.30. The van der Waals surface area contributed by atoms with E-state index in [1.165, 1.54) is 11.5 Å². The van der Waals surface area contributed by atoms with Crippen LogP contribution in [0, 0.1) is 0 Å². The topological polar surface area (TPSA) is 177 Å². The van der Waals surface area contributed by atoms with Gasteiger partial charge in [0.05, 0.1) is 24.7 Å². The zero-order chi connectivity index (χ0) is 25.0. The minimum absolute atomic E-state index is 0.0491. The molecule has 2 aliphatic rings. The quantitative estimate of drug-likeness (QED) is 0.360. The number of ether oxygens (including phenoxy) is 1. The standard InChI is InChI=1S/C21H25ClN5O7P/c1-21(29)16(28)15(33-19(21)27-7-5-13-17(23)25-20(24)26-18(13)27)10-32-35(30)31-8-6-14(34-35)11-3-2-4-12(22)9-11/h2-5,7,9,14-16,19,28-29H,6,8,10H2,1H3,(H4,23,24,25,26)/t14?,15-,16-,19-,21-,35-/m1/s1. The lowest BCUT2D eigenvalue weighted by Crippen LogP contribution is -2.44. The Morgan fingerprint density at radius 2 is 2.14 bits per heavy atom. The number of aliphatic hydroxyl groups is 2. The molecule has 0 amide bonds. The Bertz CT molecular complexity index is 1300. The zero-order valence-corrected chi connectivity index (χ0v) is 20.3. The number of benzene rings is 1. The summed E-state index contributed by atoms with van der Waals surface area (Å²) in [7, 11) is -3.98. The van der Waals surface area contributed by atoms with Gasteiger partial charge in [-0.25, -0.2) is 4.57 Å². The molecule has 1 aromatic carbocycles. The van der Waals surface area contributed by atoms with Crippen LogP contribution < -0.4 is 11.5 Å². The summed E-state index contributed by atoms with van der Waals surface area (Å²) < 4.78 is 37.0. The summed E-state index contributed by atoms with van der Waals surface area (Å²) in [6.45, 7) is 1.18. The Morgan fingerprint density at radius 3 is 2.91 bits per heavy atom. The van der Waals surface area contributed by atoms with Crippen LogP contribution in [-0.2, 0) is 22.9 Å². The zero-order valence-electron chi connectivity index (χ0n) is 18.7. The van der Waals surface area contributed by atoms with Crippen LogP contribution in [0.15, 0.2) is 36.5 Å². The minimum Gasteiger partial charge on any atom is -0.387 e. The average Bonchev–Trinajstić information content (AvgIpc) is 3.31. The van der Waals surface area contributed by atoms with Gasteiger partial charge in [-0.1, -0.05) is 23.7 Å². The molecule has 35 heavy (non-hydrogen) atoms. The summed E-state index contributed by atoms with van der Waals surface area (Å²) in [5, 5.41) is 22.9. The minimum atomic E-state index is -3.98. The van der Waals surface area contributed by atoms with Gasteiger partial charge in [0.2, 0.25) is 5.95 Å². The molecule has 0 radical (unpaired) electrons. The fourth-order valence-electron chi connectivity index (χ4n) is 4.32. The maximum atomic E-state index is 13.1. The van der Waals surface area contributed by atoms with Crippen LogP contribution >= 0.6 is 19.4 Å². The first-order valence-electron chi connectivity index (χ1n) is 10.9. The van der Waals surface area contributed by atoms with Crippen LogP contribution in [0.3, 0.4) is 0 Å². The maximum absolute atomic E-state index is 13.1. The molecule has 2 aliphatic heterocycles. The first-order valence-corrected chi connectivity index (χ1v) is 12.7. The van der Waals surface area contributed by atoms with Gasteiger partial charge in [-0.3, -0.25) is 13.6 Å². The molecule has 6 atom stereocenters. The van der Waals surface area contributed by atoms with Crippen molar-refractivity contribution in [2.24, 2.45) is 0 Å². The second kappa shape index (κ2) is 8.99. The van der Waals surface area contributed by atoms with Crippen LogP contribution in [0.2, 0.25) is 5.02 Å². The molecule has 0 aliphatic carbocycles. The first-order chi connectivity index (χ1) is 16.6. The second-order valence-electron chi connectivity index (χ2n) is 8.64. The highest BCUT2D eigenvalue weighted by molar-refractivity contribution is 7.48. The average molecular weight is 526 g/mol. The molecule has 0 saturated carbocycles. The van der Waals surface area contributed by atoms with Gasteiger partial charge >= 0.3 is 7.82 Å². The molecule has 2 saturated heterocycles. The van der Waals surface area contributed by atoms with Crippen LogP contribution in [0.1, 0.15) is 31.2 Å². The highest BCUT2D eigenvalue weighted by atomic mass is 35.5. The van der Waals surface area contributed by atoms with Gasteiger partial charge in [0.25, 0.3) is 0 Å². The van der Waals surface area contributed by atoms with Crippen molar-refractivity contribution in [3.8, 4) is 0 Å². The van der Waals surface area contributed by atoms with Gasteiger partial charge in [0.15, 0.2) is 6.23 Å². The number of anilines is 2. The molecule has 2 aromatic heterocycles. The summed E-state index contributed by atoms with van der Waals surface area (Å²) >= 11 is 6.06. The molecule has 4 heterocycles. The number of halogens is 1. The molecular weight excluding hydrogens is 501 g/mol. The number of phosphoric acid groups is 1. The van der Waals surface area contributed by atoms with E-state index in [1.807, 2.05) is 6.07 Å². The number of nitrogens with two attached hydrogens (primary N) is 2. The van der Waals surface area contributed by atoms with Crippen molar-refractivity contribution in [3.63, 3.8) is 0 Å². The predicted octanol–water partition coefficient (Wildman–Crippen LogP) is 2.56. The van der Waals surface area contributed by atoms with Gasteiger partial charge in [0, 0.05) is 17.6 Å². The van der Waals surface area contributed by atoms with E-state index in [2.05, 4.69) is 9.97 Å². The van der Waals surface area contributed by atoms with Gasteiger partial charge in [0.1, 0.15) is 29.3 Å². The van der Waals surface area contributed by atoms with E-state index in [1.54, 1.807) is 30.5 Å². The molecule has 188 valence electrons. The van der Waals surface area contributed by atoms with Crippen LogP contribution in [0.4, 0.5) is 11.8 Å². The molecule has 0 bridgehead atoms. The highest BCUT2D eigenvalue weighted by Crippen LogP contribution is 2.57. The van der Waals surface area contributed by atoms with Gasteiger partial charge in [-0.2, -0.15) is 9.97 Å². The molecule has 12 nitrogen and oxygen atoms in total. The number of hydrogen-bond acceptors (Lipinski definition) is 11. The normalized spacial score (nSPS) is 33.4. The second-order valence-corrected chi connectivity index (χ2v) is 10.7. The summed E-state index contributed by atoms with van der Waals surface area (Å²) in [4.78, 5) is 8.10. The third kappa shape index (κ3) is 4.52. The largest absolute Gasteiger partial charge is 0.475 e. The van der Waals surface area contributed by atoms with Crippen molar-refractivity contribution < 1.29 is 33.1 Å². The molecule has 14 heteroatoms. The molecule has 0 spiro atoms. The Morgan fingerprint density at radius 1 is 1.34 bits per heavy atom. The fourth-order valence-corrected chi connectivity index (χ4v) is 5.91. The van der Waals surface area contributed by atoms with Crippen LogP contribution in [0.5, 0.6) is 0 Å². The number of aromatic nitrogens is 3. The third-order valence-corrected chi connectivity index (χ3v) is 7.84. The molecule has 3 aromatic rings. The van der Waals surface area contributed by atoms with E-state index in [4.69, 9.17) is 41.4 Å². The van der Waals surface area contributed by atoms with Crippen LogP contribution in [0.25, 0.3) is 11.0 Å². The molecule has 2 fully saturated rings. The Kier molecular flexibility index (Phi) is 6.27. The van der Waals surface area contributed by atoms with E-state index in [9.17, 15) is 14.8 Å². The van der Waals surface area contributed by atoms with Crippen molar-refractivity contribution in [1.29, 1.82) is 0 Å². The third-order valence-electron chi connectivity index (χ3n) is 6.13. The first kappa shape index (κ1) is 24.4. The van der Waals surface area contributed by atoms with Crippen molar-refractivity contribution in [1.82, 2.24) is 14.5 Å². The van der Waals surface area contributed by atoms with Crippen LogP contribution in [-0.4, -0.2) is 55.8 Å². The van der Waals surface area contributed by atoms with E-state index >= 15 is 0 Å². The fraction of sp³-hybridized carbons (Fsp3) is 0.429. The van der Waals surface area contributed by atoms with E-state index in [0.717, 1.165) is 5.56 Å². The molecule has 6 N–H and O–H groups in total. The maximum Gasteiger partial charge on any atom is 0.475 e. The van der Waals surface area contributed by atoms with E-state index in [0.29, 0.717) is 22.5 Å². The Labute approximate surface area is 205 Å². The van der Waals surface area contributed by atoms with Crippen molar-refractivity contribution in [3.05, 3.63) is 47.1 Å². The predicted molar refractivity (Wildman–Crippen MR) is 126 cm³/mol. The summed E-state index contributed by atoms with van der Waals surface area (Å²) in [6, 6.07) is 8.67. The van der Waals surface area contributed by atoms with Crippen molar-refractivity contribution in [2.45, 2.75) is 43.5 Å². The lowest BCUT2D eigenvalue weighted by molar-refractivity contribution is -0.0950. The number of nitrogens with zero attached hydrogens (tertiary/aromatic N) is 3. The number of rotatable bonds is 5. The smallest absolute Gasteiger partial charge is 0.387 e. The van der Waals surface area contributed by atoms with Gasteiger partial charge in [-0.05, 0) is 30.7 Å². The lowest BCUT2D eigenvalue weighted by atomic mass is 9.96. The number of hydrogen-bond donors (Lipinski definition) is 4. The van der Waals surface area contributed by atoms with Crippen molar-refractivity contribution >= 4 is 42.2 Å². The summed E-state index contributed by atoms with van der Waals surface area (Å²) in [5.74, 6) is 0.121. The molecule has 5 rings (SSSR count). The molecule has 1 unspecified atom stereocenters. The van der Waals surface area contributed by atoms with Gasteiger partial charge < -0.3 is 31.0 Å². The SMILES string of the molecule is C[C@@]1(O)[C@H](O)[C@@H](CO[P@@]2(=O)OCCC(c3cccc(Cl)c3)O2)O[C@H]1n1ccc2c(N)nc(N)nc21. The number of nitrogen functional groups attached to an aromatic ring is 2. The monoisotopic (exact) mass is 525 g/mol. The Balaban J connectivity index is 1.32. The highest BCUT2D eigenvalue weighted by Gasteiger charge is 2.54.